The first-order valence-electron chi connectivity index (χ1n) is 6.10. The molecule has 0 bridgehead atoms. The van der Waals surface area contributed by atoms with Gasteiger partial charge in [0.25, 0.3) is 0 Å². The molecule has 0 saturated carbocycles. The molecule has 2 aromatic rings. The number of nitrogens with zero attached hydrogens (tertiary/aromatic N) is 1. The van der Waals surface area contributed by atoms with Crippen molar-refractivity contribution >= 4 is 27.3 Å². The third-order valence-electron chi connectivity index (χ3n) is 3.12. The van der Waals surface area contributed by atoms with Gasteiger partial charge in [-0.25, -0.2) is 8.78 Å². The summed E-state index contributed by atoms with van der Waals surface area (Å²) in [4.78, 5) is 2.97. The first-order chi connectivity index (χ1) is 9.52. The summed E-state index contributed by atoms with van der Waals surface area (Å²) >= 11 is 4.98. The van der Waals surface area contributed by atoms with Gasteiger partial charge in [-0.1, -0.05) is 6.07 Å². The number of nitrogens with two attached hydrogens (primary N) is 1. The van der Waals surface area contributed by atoms with Crippen LogP contribution in [0.1, 0.15) is 16.5 Å². The molecule has 0 aliphatic rings. The second-order valence-electron chi connectivity index (χ2n) is 4.53. The van der Waals surface area contributed by atoms with E-state index < -0.39 is 17.7 Å². The van der Waals surface area contributed by atoms with Gasteiger partial charge in [0.1, 0.15) is 11.6 Å². The van der Waals surface area contributed by atoms with E-state index in [-0.39, 0.29) is 12.1 Å². The highest BCUT2D eigenvalue weighted by Crippen LogP contribution is 2.28. The van der Waals surface area contributed by atoms with E-state index in [4.69, 9.17) is 5.73 Å². The van der Waals surface area contributed by atoms with Gasteiger partial charge in [0, 0.05) is 33.4 Å². The normalized spacial score (nSPS) is 12.9. The SMILES string of the molecule is CN(Cc1cc(Br)cs1)C(CN)c1c(F)cccc1F. The van der Waals surface area contributed by atoms with Crippen LogP contribution in [-0.4, -0.2) is 18.5 Å². The number of benzene rings is 1. The zero-order chi connectivity index (χ0) is 14.7. The van der Waals surface area contributed by atoms with E-state index in [1.54, 1.807) is 11.3 Å². The lowest BCUT2D eigenvalue weighted by Gasteiger charge is -2.27. The minimum atomic E-state index is -0.556. The highest BCUT2D eigenvalue weighted by atomic mass is 79.9. The highest BCUT2D eigenvalue weighted by Gasteiger charge is 2.23. The van der Waals surface area contributed by atoms with Gasteiger partial charge in [-0.3, -0.25) is 4.90 Å². The van der Waals surface area contributed by atoms with Crippen molar-refractivity contribution in [1.82, 2.24) is 4.90 Å². The zero-order valence-corrected chi connectivity index (χ0v) is 13.3. The predicted molar refractivity (Wildman–Crippen MR) is 81.6 cm³/mol. The number of thiophene rings is 1. The molecule has 20 heavy (non-hydrogen) atoms. The standard InChI is InChI=1S/C14H15BrF2N2S/c1-19(7-10-5-9(15)8-20-10)13(6-18)14-11(16)3-2-4-12(14)17/h2-5,8,13H,6-7,18H2,1H3. The van der Waals surface area contributed by atoms with Crippen molar-refractivity contribution in [3.05, 3.63) is 56.2 Å². The van der Waals surface area contributed by atoms with Crippen molar-refractivity contribution in [1.29, 1.82) is 0 Å². The lowest BCUT2D eigenvalue weighted by atomic mass is 10.0. The van der Waals surface area contributed by atoms with E-state index >= 15 is 0 Å². The third-order valence-corrected chi connectivity index (χ3v) is 4.80. The fourth-order valence-corrected chi connectivity index (χ4v) is 3.65. The van der Waals surface area contributed by atoms with Gasteiger partial charge in [0.15, 0.2) is 0 Å². The molecule has 0 aliphatic carbocycles. The molecule has 1 unspecified atom stereocenters. The Morgan fingerprint density at radius 1 is 1.35 bits per heavy atom. The Morgan fingerprint density at radius 2 is 2.00 bits per heavy atom. The van der Waals surface area contributed by atoms with Crippen LogP contribution >= 0.6 is 27.3 Å². The number of rotatable bonds is 5. The van der Waals surface area contributed by atoms with Gasteiger partial charge >= 0.3 is 0 Å². The molecule has 6 heteroatoms. The van der Waals surface area contributed by atoms with Crippen LogP contribution in [0, 0.1) is 11.6 Å². The molecule has 0 fully saturated rings. The van der Waals surface area contributed by atoms with Crippen molar-refractivity contribution in [3.8, 4) is 0 Å². The van der Waals surface area contributed by atoms with Crippen LogP contribution in [0.5, 0.6) is 0 Å². The van der Waals surface area contributed by atoms with Gasteiger partial charge in [-0.05, 0) is 41.2 Å². The summed E-state index contributed by atoms with van der Waals surface area (Å²) in [6, 6.07) is 5.38. The second kappa shape index (κ2) is 6.76. The monoisotopic (exact) mass is 360 g/mol. The molecular weight excluding hydrogens is 346 g/mol. The maximum absolute atomic E-state index is 13.9. The molecule has 1 atom stereocenters. The number of hydrogen-bond acceptors (Lipinski definition) is 3. The molecule has 1 heterocycles. The first-order valence-corrected chi connectivity index (χ1v) is 7.77. The maximum atomic E-state index is 13.9. The second-order valence-corrected chi connectivity index (χ2v) is 6.44. The number of halogens is 3. The molecule has 2 nitrogen and oxygen atoms in total. The fraction of sp³-hybridized carbons (Fsp3) is 0.286. The van der Waals surface area contributed by atoms with Crippen molar-refractivity contribution < 1.29 is 8.78 Å². The average molecular weight is 361 g/mol. The van der Waals surface area contributed by atoms with Crippen molar-refractivity contribution in [2.24, 2.45) is 5.73 Å². The molecule has 2 N–H and O–H groups in total. The first kappa shape index (κ1) is 15.6. The summed E-state index contributed by atoms with van der Waals surface area (Å²) in [6.45, 7) is 0.743. The molecular formula is C14H15BrF2N2S. The lowest BCUT2D eigenvalue weighted by Crippen LogP contribution is -2.31. The Kier molecular flexibility index (Phi) is 5.26. The third kappa shape index (κ3) is 3.44. The van der Waals surface area contributed by atoms with E-state index in [2.05, 4.69) is 15.9 Å². The topological polar surface area (TPSA) is 29.3 Å². The van der Waals surface area contributed by atoms with Crippen LogP contribution in [0.15, 0.2) is 34.1 Å². The van der Waals surface area contributed by atoms with Crippen LogP contribution in [-0.2, 0) is 6.54 Å². The van der Waals surface area contributed by atoms with Crippen LogP contribution in [0.25, 0.3) is 0 Å². The summed E-state index contributed by atoms with van der Waals surface area (Å²) < 4.78 is 28.7. The summed E-state index contributed by atoms with van der Waals surface area (Å²) in [5.41, 5.74) is 5.76. The van der Waals surface area contributed by atoms with Crippen LogP contribution in [0.2, 0.25) is 0 Å². The van der Waals surface area contributed by atoms with Gasteiger partial charge in [-0.15, -0.1) is 11.3 Å². The molecule has 0 saturated heterocycles. The van der Waals surface area contributed by atoms with Crippen LogP contribution in [0.4, 0.5) is 8.78 Å². The van der Waals surface area contributed by atoms with Gasteiger partial charge in [-0.2, -0.15) is 0 Å². The highest BCUT2D eigenvalue weighted by molar-refractivity contribution is 9.10. The molecule has 0 aliphatic heterocycles. The number of likely N-dealkylation sites (N-methyl/N-ethyl adjacent to an activating group) is 1. The summed E-state index contributed by atoms with van der Waals surface area (Å²) in [7, 11) is 1.82. The fourth-order valence-electron chi connectivity index (χ4n) is 2.14. The zero-order valence-electron chi connectivity index (χ0n) is 10.9. The minimum Gasteiger partial charge on any atom is -0.329 e. The van der Waals surface area contributed by atoms with Gasteiger partial charge in [0.05, 0.1) is 6.04 Å². The van der Waals surface area contributed by atoms with Gasteiger partial charge < -0.3 is 5.73 Å². The maximum Gasteiger partial charge on any atom is 0.130 e. The van der Waals surface area contributed by atoms with Crippen LogP contribution < -0.4 is 5.73 Å². The Morgan fingerprint density at radius 3 is 2.50 bits per heavy atom. The molecule has 0 amide bonds. The summed E-state index contributed by atoms with van der Waals surface area (Å²) in [5, 5.41) is 1.98. The Balaban J connectivity index is 2.23. The van der Waals surface area contributed by atoms with E-state index in [0.717, 1.165) is 9.35 Å². The van der Waals surface area contributed by atoms with E-state index in [9.17, 15) is 8.78 Å². The average Bonchev–Trinajstić information content (AvgIpc) is 2.79. The largest absolute Gasteiger partial charge is 0.329 e. The Bertz CT molecular complexity index is 568. The van der Waals surface area contributed by atoms with E-state index in [1.165, 1.54) is 18.2 Å². The van der Waals surface area contributed by atoms with Gasteiger partial charge in [0.2, 0.25) is 0 Å². The summed E-state index contributed by atoms with van der Waals surface area (Å²) in [6.07, 6.45) is 0. The van der Waals surface area contributed by atoms with Crippen molar-refractivity contribution in [2.45, 2.75) is 12.6 Å². The number of hydrogen-bond donors (Lipinski definition) is 1. The van der Waals surface area contributed by atoms with E-state index in [1.807, 2.05) is 23.4 Å². The van der Waals surface area contributed by atoms with Crippen molar-refractivity contribution in [2.75, 3.05) is 13.6 Å². The Labute approximate surface area is 129 Å². The van der Waals surface area contributed by atoms with Crippen molar-refractivity contribution in [3.63, 3.8) is 0 Å². The molecule has 1 aromatic heterocycles. The molecule has 108 valence electrons. The van der Waals surface area contributed by atoms with Crippen LogP contribution in [0.3, 0.4) is 0 Å². The lowest BCUT2D eigenvalue weighted by molar-refractivity contribution is 0.233. The minimum absolute atomic E-state index is 0.0353. The predicted octanol–water partition coefficient (Wildman–Crippen LogP) is 3.92. The molecule has 1 aromatic carbocycles. The molecule has 0 spiro atoms. The van der Waals surface area contributed by atoms with E-state index in [0.29, 0.717) is 6.54 Å². The quantitative estimate of drug-likeness (QED) is 0.875. The Hall–Kier alpha value is -0.820. The summed E-state index contributed by atoms with van der Waals surface area (Å²) in [5.74, 6) is -1.11. The smallest absolute Gasteiger partial charge is 0.130 e. The molecule has 2 rings (SSSR count). The molecule has 0 radical (unpaired) electrons.